The molecule has 0 saturated carbocycles. The van der Waals surface area contributed by atoms with Crippen LogP contribution < -0.4 is 11.2 Å². The Morgan fingerprint density at radius 1 is 1.29 bits per heavy atom. The van der Waals surface area contributed by atoms with E-state index in [0.717, 1.165) is 16.5 Å². The summed E-state index contributed by atoms with van der Waals surface area (Å²) >= 11 is 3.34. The van der Waals surface area contributed by atoms with E-state index < -0.39 is 11.2 Å². The number of nitrogens with zero attached hydrogens (tertiary/aromatic N) is 3. The Labute approximate surface area is 127 Å². The predicted molar refractivity (Wildman–Crippen MR) is 82.2 cm³/mol. The van der Waals surface area contributed by atoms with Gasteiger partial charge in [-0.05, 0) is 28.4 Å². The van der Waals surface area contributed by atoms with E-state index in [2.05, 4.69) is 35.9 Å². The Morgan fingerprint density at radius 3 is 2.81 bits per heavy atom. The van der Waals surface area contributed by atoms with Crippen LogP contribution in [0.2, 0.25) is 0 Å². The summed E-state index contributed by atoms with van der Waals surface area (Å²) in [6.07, 6.45) is 4.06. The molecule has 0 saturated heterocycles. The van der Waals surface area contributed by atoms with E-state index >= 15 is 0 Å². The van der Waals surface area contributed by atoms with Crippen LogP contribution in [0.3, 0.4) is 0 Å². The van der Waals surface area contributed by atoms with E-state index in [-0.39, 0.29) is 5.52 Å². The van der Waals surface area contributed by atoms with Gasteiger partial charge >= 0.3 is 5.69 Å². The van der Waals surface area contributed by atoms with Crippen LogP contribution in [0.5, 0.6) is 0 Å². The minimum atomic E-state index is -0.468. The van der Waals surface area contributed by atoms with Crippen LogP contribution in [0.25, 0.3) is 22.6 Å². The van der Waals surface area contributed by atoms with Crippen LogP contribution >= 0.6 is 15.9 Å². The summed E-state index contributed by atoms with van der Waals surface area (Å²) < 4.78 is 2.27. The van der Waals surface area contributed by atoms with Crippen molar-refractivity contribution in [3.05, 3.63) is 43.8 Å². The maximum absolute atomic E-state index is 11.9. The maximum Gasteiger partial charge on any atom is 0.330 e. The van der Waals surface area contributed by atoms with Gasteiger partial charge in [-0.15, -0.1) is 0 Å². The van der Waals surface area contributed by atoms with Crippen LogP contribution in [-0.4, -0.2) is 24.5 Å². The van der Waals surface area contributed by atoms with Crippen LogP contribution in [-0.2, 0) is 6.54 Å². The van der Waals surface area contributed by atoms with Crippen molar-refractivity contribution in [1.29, 1.82) is 0 Å². The topological polar surface area (TPSA) is 96.4 Å². The number of H-pyrrole nitrogens is 2. The smallest absolute Gasteiger partial charge is 0.330 e. The molecule has 0 radical (unpaired) electrons. The fourth-order valence-electron chi connectivity index (χ4n) is 2.15. The van der Waals surface area contributed by atoms with Crippen molar-refractivity contribution in [1.82, 2.24) is 24.5 Å². The number of pyridine rings is 1. The van der Waals surface area contributed by atoms with Crippen molar-refractivity contribution in [2.75, 3.05) is 0 Å². The molecule has 2 N–H and O–H groups in total. The fraction of sp³-hybridized carbons (Fsp3) is 0.231. The number of aromatic nitrogens is 5. The van der Waals surface area contributed by atoms with Gasteiger partial charge in [0.25, 0.3) is 5.56 Å². The Morgan fingerprint density at radius 2 is 2.10 bits per heavy atom. The van der Waals surface area contributed by atoms with Gasteiger partial charge in [0.1, 0.15) is 11.3 Å². The Balaban J connectivity index is 2.29. The molecule has 0 bridgehead atoms. The molecule has 0 atom stereocenters. The standard InChI is InChI=1S/C13H12BrN5O2/c1-2-3-19-11-9(12(20)18-13(19)21)16-10(17-11)7-4-8(14)6-15-5-7/h4-6H,2-3H2,1H3,(H,16,17)(H,18,20,21). The van der Waals surface area contributed by atoms with E-state index in [4.69, 9.17) is 0 Å². The number of nitrogens with one attached hydrogen (secondary N) is 2. The number of fused-ring (bicyclic) bond motifs is 1. The number of rotatable bonds is 3. The summed E-state index contributed by atoms with van der Waals surface area (Å²) in [5.41, 5.74) is 0.470. The predicted octanol–water partition coefficient (Wildman–Crippen LogP) is 1.65. The largest absolute Gasteiger partial charge is 0.332 e. The highest BCUT2D eigenvalue weighted by molar-refractivity contribution is 9.10. The molecule has 3 aromatic rings. The summed E-state index contributed by atoms with van der Waals surface area (Å²) in [5.74, 6) is 0.500. The third-order valence-electron chi connectivity index (χ3n) is 3.06. The zero-order valence-electron chi connectivity index (χ0n) is 11.2. The minimum absolute atomic E-state index is 0.290. The first-order chi connectivity index (χ1) is 10.1. The Bertz CT molecular complexity index is 924. The fourth-order valence-corrected chi connectivity index (χ4v) is 2.51. The monoisotopic (exact) mass is 349 g/mol. The van der Waals surface area contributed by atoms with Crippen LogP contribution in [0.1, 0.15) is 13.3 Å². The van der Waals surface area contributed by atoms with Gasteiger partial charge in [0, 0.05) is 29.0 Å². The van der Waals surface area contributed by atoms with Gasteiger partial charge in [-0.25, -0.2) is 9.78 Å². The first kappa shape index (κ1) is 13.7. The lowest BCUT2D eigenvalue weighted by Crippen LogP contribution is -2.30. The molecule has 3 heterocycles. The van der Waals surface area contributed by atoms with Crippen molar-refractivity contribution in [2.24, 2.45) is 0 Å². The summed E-state index contributed by atoms with van der Waals surface area (Å²) in [6, 6.07) is 1.83. The van der Waals surface area contributed by atoms with Gasteiger partial charge in [-0.2, -0.15) is 0 Å². The molecule has 0 fully saturated rings. The first-order valence-corrected chi connectivity index (χ1v) is 7.23. The average molecular weight is 350 g/mol. The summed E-state index contributed by atoms with van der Waals surface area (Å²) in [5, 5.41) is 0. The summed E-state index contributed by atoms with van der Waals surface area (Å²) in [4.78, 5) is 37.5. The second-order valence-electron chi connectivity index (χ2n) is 4.59. The van der Waals surface area contributed by atoms with Crippen molar-refractivity contribution in [3.63, 3.8) is 0 Å². The van der Waals surface area contributed by atoms with Gasteiger partial charge in [0.2, 0.25) is 0 Å². The Hall–Kier alpha value is -2.22. The lowest BCUT2D eigenvalue weighted by Gasteiger charge is -2.02. The van der Waals surface area contributed by atoms with E-state index in [0.29, 0.717) is 18.0 Å². The molecule has 108 valence electrons. The maximum atomic E-state index is 11.9. The normalized spacial score (nSPS) is 11.1. The van der Waals surface area contributed by atoms with Crippen molar-refractivity contribution in [3.8, 4) is 11.4 Å². The average Bonchev–Trinajstić information content (AvgIpc) is 2.89. The molecule has 0 aliphatic heterocycles. The SMILES string of the molecule is CCCn1c(=O)[nH]c(=O)c2[nH]c(-c3cncc(Br)c3)nc21. The highest BCUT2D eigenvalue weighted by atomic mass is 79.9. The van der Waals surface area contributed by atoms with E-state index in [1.54, 1.807) is 12.4 Å². The highest BCUT2D eigenvalue weighted by Gasteiger charge is 2.13. The summed E-state index contributed by atoms with van der Waals surface area (Å²) in [6.45, 7) is 2.45. The molecule has 8 heteroatoms. The van der Waals surface area contributed by atoms with Gasteiger partial charge in [-0.3, -0.25) is 19.3 Å². The molecular formula is C13H12BrN5O2. The number of hydrogen-bond acceptors (Lipinski definition) is 4. The van der Waals surface area contributed by atoms with Crippen molar-refractivity contribution >= 4 is 27.1 Å². The van der Waals surface area contributed by atoms with E-state index in [9.17, 15) is 9.59 Å². The second kappa shape index (κ2) is 5.28. The molecule has 0 aromatic carbocycles. The minimum Gasteiger partial charge on any atom is -0.332 e. The second-order valence-corrected chi connectivity index (χ2v) is 5.50. The number of aromatic amines is 2. The molecule has 0 aliphatic carbocycles. The van der Waals surface area contributed by atoms with E-state index in [1.807, 2.05) is 13.0 Å². The number of hydrogen-bond donors (Lipinski definition) is 2. The zero-order chi connectivity index (χ0) is 15.0. The number of halogens is 1. The molecule has 3 rings (SSSR count). The van der Waals surface area contributed by atoms with Gasteiger partial charge in [0.05, 0.1) is 0 Å². The molecule has 0 aliphatic rings. The molecule has 21 heavy (non-hydrogen) atoms. The number of imidazole rings is 1. The van der Waals surface area contributed by atoms with Gasteiger partial charge < -0.3 is 4.98 Å². The van der Waals surface area contributed by atoms with Crippen LogP contribution in [0, 0.1) is 0 Å². The first-order valence-electron chi connectivity index (χ1n) is 6.44. The van der Waals surface area contributed by atoms with Crippen molar-refractivity contribution in [2.45, 2.75) is 19.9 Å². The zero-order valence-corrected chi connectivity index (χ0v) is 12.8. The van der Waals surface area contributed by atoms with Crippen LogP contribution in [0.15, 0.2) is 32.5 Å². The third-order valence-corrected chi connectivity index (χ3v) is 3.49. The quantitative estimate of drug-likeness (QED) is 0.751. The molecule has 0 unspecified atom stereocenters. The number of aryl methyl sites for hydroxylation is 1. The van der Waals surface area contributed by atoms with Crippen LogP contribution in [0.4, 0.5) is 0 Å². The Kier molecular flexibility index (Phi) is 3.46. The molecular weight excluding hydrogens is 338 g/mol. The van der Waals surface area contributed by atoms with Crippen molar-refractivity contribution < 1.29 is 0 Å². The van der Waals surface area contributed by atoms with Gasteiger partial charge in [0.15, 0.2) is 5.65 Å². The van der Waals surface area contributed by atoms with Gasteiger partial charge in [-0.1, -0.05) is 6.92 Å². The lowest BCUT2D eigenvalue weighted by molar-refractivity contribution is 0.653. The molecule has 3 aromatic heterocycles. The summed E-state index contributed by atoms with van der Waals surface area (Å²) in [7, 11) is 0. The lowest BCUT2D eigenvalue weighted by atomic mass is 10.3. The molecule has 0 amide bonds. The van der Waals surface area contributed by atoms with E-state index in [1.165, 1.54) is 4.57 Å². The third kappa shape index (κ3) is 2.42. The molecule has 0 spiro atoms. The molecule has 7 nitrogen and oxygen atoms in total. The highest BCUT2D eigenvalue weighted by Crippen LogP contribution is 2.20.